The minimum absolute atomic E-state index is 0.0230. The lowest BCUT2D eigenvalue weighted by Crippen LogP contribution is -2.25. The number of nitrogens with zero attached hydrogens (tertiary/aromatic N) is 1. The van der Waals surface area contributed by atoms with Crippen LogP contribution in [0.15, 0.2) is 24.5 Å². The average Bonchev–Trinajstić information content (AvgIpc) is 2.37. The molecule has 1 rings (SSSR count). The minimum Gasteiger partial charge on any atom is -0.469 e. The van der Waals surface area contributed by atoms with E-state index in [1.165, 1.54) is 14.0 Å². The third kappa shape index (κ3) is 4.44. The summed E-state index contributed by atoms with van der Waals surface area (Å²) >= 11 is 0. The number of carbonyl (C=O) groups is 1. The normalized spacial score (nSPS) is 13.0. The highest BCUT2D eigenvalue weighted by atomic mass is 32.2. The van der Waals surface area contributed by atoms with Crippen LogP contribution in [0.4, 0.5) is 0 Å². The fraction of sp³-hybridized carbons (Fsp3) is 0.500. The molecule has 5 nitrogen and oxygen atoms in total. The Morgan fingerprint density at radius 2 is 2.00 bits per heavy atom. The maximum absolute atomic E-state index is 11.9. The van der Waals surface area contributed by atoms with Crippen molar-refractivity contribution in [2.24, 2.45) is 0 Å². The third-order valence-corrected chi connectivity index (χ3v) is 4.89. The number of ether oxygens (including phenoxy) is 1. The average molecular weight is 271 g/mol. The Kier molecular flexibility index (Phi) is 5.27. The number of aromatic nitrogens is 1. The lowest BCUT2D eigenvalue weighted by Gasteiger charge is -2.11. The molecule has 0 aliphatic rings. The minimum atomic E-state index is -3.28. The van der Waals surface area contributed by atoms with Gasteiger partial charge in [0.05, 0.1) is 24.5 Å². The van der Waals surface area contributed by atoms with Gasteiger partial charge in [-0.25, -0.2) is 8.42 Å². The standard InChI is InChI=1S/C12H17NO4S/c1-10(9-12(14)17-2)18(15,16)8-5-11-3-6-13-7-4-11/h3-4,6-7,10H,5,8-9H2,1-2H3. The molecule has 100 valence electrons. The summed E-state index contributed by atoms with van der Waals surface area (Å²) in [4.78, 5) is 14.9. The van der Waals surface area contributed by atoms with E-state index in [-0.39, 0.29) is 12.2 Å². The summed E-state index contributed by atoms with van der Waals surface area (Å²) in [5.41, 5.74) is 0.916. The van der Waals surface area contributed by atoms with Crippen molar-refractivity contribution in [2.45, 2.75) is 25.0 Å². The van der Waals surface area contributed by atoms with Crippen LogP contribution >= 0.6 is 0 Å². The lowest BCUT2D eigenvalue weighted by molar-refractivity contribution is -0.140. The Hall–Kier alpha value is -1.43. The molecule has 1 aromatic rings. The van der Waals surface area contributed by atoms with E-state index >= 15 is 0 Å². The van der Waals surface area contributed by atoms with Crippen LogP contribution in [0.1, 0.15) is 18.9 Å². The molecule has 0 spiro atoms. The van der Waals surface area contributed by atoms with Crippen molar-refractivity contribution in [3.05, 3.63) is 30.1 Å². The fourth-order valence-electron chi connectivity index (χ4n) is 1.46. The first-order valence-corrected chi connectivity index (χ1v) is 7.34. The molecule has 0 saturated carbocycles. The number of esters is 1. The van der Waals surface area contributed by atoms with Crippen LogP contribution in [0.25, 0.3) is 0 Å². The van der Waals surface area contributed by atoms with Crippen molar-refractivity contribution in [3.8, 4) is 0 Å². The Morgan fingerprint density at radius 3 is 2.56 bits per heavy atom. The van der Waals surface area contributed by atoms with E-state index in [0.29, 0.717) is 6.42 Å². The molecule has 1 aromatic heterocycles. The van der Waals surface area contributed by atoms with Crippen molar-refractivity contribution in [1.82, 2.24) is 4.98 Å². The molecule has 0 bridgehead atoms. The van der Waals surface area contributed by atoms with E-state index in [0.717, 1.165) is 5.56 Å². The molecule has 0 aliphatic carbocycles. The highest BCUT2D eigenvalue weighted by molar-refractivity contribution is 7.92. The molecule has 1 unspecified atom stereocenters. The van der Waals surface area contributed by atoms with Gasteiger partial charge in [0, 0.05) is 12.4 Å². The van der Waals surface area contributed by atoms with E-state index in [1.54, 1.807) is 24.5 Å². The Morgan fingerprint density at radius 1 is 1.39 bits per heavy atom. The van der Waals surface area contributed by atoms with Crippen LogP contribution < -0.4 is 0 Å². The summed E-state index contributed by atoms with van der Waals surface area (Å²) in [5.74, 6) is -0.482. The molecule has 0 radical (unpaired) electrons. The van der Waals surface area contributed by atoms with Gasteiger partial charge in [0.25, 0.3) is 0 Å². The molecule has 0 saturated heterocycles. The summed E-state index contributed by atoms with van der Waals surface area (Å²) in [6.45, 7) is 1.53. The molecular formula is C12H17NO4S. The summed E-state index contributed by atoms with van der Waals surface area (Å²) in [5, 5.41) is -0.716. The quantitative estimate of drug-likeness (QED) is 0.721. The SMILES string of the molecule is COC(=O)CC(C)S(=O)(=O)CCc1ccncc1. The molecule has 1 atom stereocenters. The van der Waals surface area contributed by atoms with Crippen LogP contribution in [0, 0.1) is 0 Å². The van der Waals surface area contributed by atoms with Crippen LogP contribution in [-0.4, -0.2) is 37.5 Å². The summed E-state index contributed by atoms with van der Waals surface area (Å²) in [6.07, 6.45) is 3.57. The second kappa shape index (κ2) is 6.49. The largest absolute Gasteiger partial charge is 0.469 e. The van der Waals surface area contributed by atoms with Gasteiger partial charge in [-0.2, -0.15) is 0 Å². The number of methoxy groups -OCH3 is 1. The van der Waals surface area contributed by atoms with Crippen molar-refractivity contribution in [3.63, 3.8) is 0 Å². The van der Waals surface area contributed by atoms with Gasteiger partial charge < -0.3 is 4.74 Å². The Balaban J connectivity index is 2.57. The summed E-state index contributed by atoms with van der Waals surface area (Å²) < 4.78 is 28.3. The fourth-order valence-corrected chi connectivity index (χ4v) is 2.77. The number of hydrogen-bond acceptors (Lipinski definition) is 5. The molecule has 0 fully saturated rings. The maximum atomic E-state index is 11.9. The lowest BCUT2D eigenvalue weighted by atomic mass is 10.2. The first-order chi connectivity index (χ1) is 8.45. The molecule has 0 amide bonds. The number of pyridine rings is 1. The van der Waals surface area contributed by atoms with Crippen molar-refractivity contribution in [1.29, 1.82) is 0 Å². The van der Waals surface area contributed by atoms with Gasteiger partial charge in [0.2, 0.25) is 0 Å². The molecular weight excluding hydrogens is 254 g/mol. The number of carbonyl (C=O) groups excluding carboxylic acids is 1. The van der Waals surface area contributed by atoms with Crippen molar-refractivity contribution in [2.75, 3.05) is 12.9 Å². The number of aryl methyl sites for hydroxylation is 1. The van der Waals surface area contributed by atoms with Gasteiger partial charge >= 0.3 is 5.97 Å². The van der Waals surface area contributed by atoms with Crippen LogP contribution in [0.2, 0.25) is 0 Å². The summed E-state index contributed by atoms with van der Waals surface area (Å²) in [6, 6.07) is 3.56. The van der Waals surface area contributed by atoms with E-state index in [2.05, 4.69) is 9.72 Å². The predicted octanol–water partition coefficient (Wildman–Crippen LogP) is 0.990. The van der Waals surface area contributed by atoms with Gasteiger partial charge in [-0.1, -0.05) is 0 Å². The second-order valence-electron chi connectivity index (χ2n) is 4.06. The van der Waals surface area contributed by atoms with Gasteiger partial charge in [-0.15, -0.1) is 0 Å². The molecule has 0 aromatic carbocycles. The highest BCUT2D eigenvalue weighted by Crippen LogP contribution is 2.10. The number of hydrogen-bond donors (Lipinski definition) is 0. The summed E-state index contributed by atoms with van der Waals surface area (Å²) in [7, 11) is -2.04. The van der Waals surface area contributed by atoms with Crippen molar-refractivity contribution < 1.29 is 17.9 Å². The van der Waals surface area contributed by atoms with Gasteiger partial charge in [0.1, 0.15) is 0 Å². The zero-order chi connectivity index (χ0) is 13.6. The molecule has 1 heterocycles. The maximum Gasteiger partial charge on any atom is 0.306 e. The van der Waals surface area contributed by atoms with E-state index < -0.39 is 21.1 Å². The van der Waals surface area contributed by atoms with Gasteiger partial charge in [-0.3, -0.25) is 9.78 Å². The van der Waals surface area contributed by atoms with Gasteiger partial charge in [-0.05, 0) is 31.0 Å². The van der Waals surface area contributed by atoms with E-state index in [4.69, 9.17) is 0 Å². The first kappa shape index (κ1) is 14.6. The zero-order valence-electron chi connectivity index (χ0n) is 10.5. The van der Waals surface area contributed by atoms with Crippen LogP contribution in [0.5, 0.6) is 0 Å². The number of rotatable bonds is 6. The zero-order valence-corrected chi connectivity index (χ0v) is 11.3. The number of sulfone groups is 1. The molecule has 6 heteroatoms. The highest BCUT2D eigenvalue weighted by Gasteiger charge is 2.23. The van der Waals surface area contributed by atoms with Crippen LogP contribution in [-0.2, 0) is 25.8 Å². The smallest absolute Gasteiger partial charge is 0.306 e. The molecule has 18 heavy (non-hydrogen) atoms. The Labute approximate surface area is 107 Å². The molecule has 0 aliphatic heterocycles. The van der Waals surface area contributed by atoms with Gasteiger partial charge in [0.15, 0.2) is 9.84 Å². The monoisotopic (exact) mass is 271 g/mol. The van der Waals surface area contributed by atoms with Crippen molar-refractivity contribution >= 4 is 15.8 Å². The Bertz CT molecular complexity index is 484. The second-order valence-corrected chi connectivity index (χ2v) is 6.60. The van der Waals surface area contributed by atoms with Crippen LogP contribution in [0.3, 0.4) is 0 Å². The predicted molar refractivity (Wildman–Crippen MR) is 67.8 cm³/mol. The molecule has 0 N–H and O–H groups in total. The third-order valence-electron chi connectivity index (χ3n) is 2.72. The van der Waals surface area contributed by atoms with E-state index in [9.17, 15) is 13.2 Å². The van der Waals surface area contributed by atoms with E-state index in [1.807, 2.05) is 0 Å². The first-order valence-electron chi connectivity index (χ1n) is 5.63. The topological polar surface area (TPSA) is 73.3 Å².